The number of nitrogens with one attached hydrogen (secondary N) is 1. The zero-order valence-electron chi connectivity index (χ0n) is 8.18. The van der Waals surface area contributed by atoms with Crippen LogP contribution in [0.25, 0.3) is 0 Å². The monoisotopic (exact) mass is 221 g/mol. The standard InChI is InChI=1S/C4H9NO.C4H6O5/c1-3-6-4-2-5-1;5-2(4(8)9)1-3(6)7/h5H,1-4H2;2,5H,1H2,(H,6,7)(H,8,9). The van der Waals surface area contributed by atoms with Crippen LogP contribution in [0.4, 0.5) is 0 Å². The number of carbonyl (C=O) groups is 2. The van der Waals surface area contributed by atoms with E-state index in [2.05, 4.69) is 5.32 Å². The maximum Gasteiger partial charge on any atom is 0.333 e. The fraction of sp³-hybridized carbons (Fsp3) is 0.750. The normalized spacial score (nSPS) is 17.1. The molecule has 0 radical (unpaired) electrons. The molecular weight excluding hydrogens is 206 g/mol. The Bertz CT molecular complexity index is 192. The smallest absolute Gasteiger partial charge is 0.333 e. The number of ether oxygens (including phenoxy) is 1. The second kappa shape index (κ2) is 8.16. The van der Waals surface area contributed by atoms with E-state index in [9.17, 15) is 9.59 Å². The molecule has 1 aliphatic rings. The van der Waals surface area contributed by atoms with Crippen molar-refractivity contribution in [2.75, 3.05) is 26.3 Å². The summed E-state index contributed by atoms with van der Waals surface area (Å²) in [5, 5.41) is 27.3. The first-order chi connectivity index (χ1) is 7.04. The highest BCUT2D eigenvalue weighted by molar-refractivity contribution is 5.79. The van der Waals surface area contributed by atoms with Gasteiger partial charge in [-0.2, -0.15) is 0 Å². The van der Waals surface area contributed by atoms with Crippen LogP contribution in [0.1, 0.15) is 6.42 Å². The molecule has 1 unspecified atom stereocenters. The summed E-state index contributed by atoms with van der Waals surface area (Å²) < 4.78 is 5.01. The predicted molar refractivity (Wildman–Crippen MR) is 49.6 cm³/mol. The Hall–Kier alpha value is -1.18. The van der Waals surface area contributed by atoms with Crippen LogP contribution in [0.3, 0.4) is 0 Å². The lowest BCUT2D eigenvalue weighted by Crippen LogP contribution is -2.30. The highest BCUT2D eigenvalue weighted by Gasteiger charge is 2.16. The number of carboxylic acids is 2. The molecule has 0 amide bonds. The van der Waals surface area contributed by atoms with Gasteiger partial charge in [0, 0.05) is 13.1 Å². The first-order valence-corrected chi connectivity index (χ1v) is 4.45. The first kappa shape index (κ1) is 13.8. The Morgan fingerprint density at radius 3 is 1.93 bits per heavy atom. The minimum atomic E-state index is -1.79. The van der Waals surface area contributed by atoms with E-state index in [1.54, 1.807) is 0 Å². The zero-order valence-corrected chi connectivity index (χ0v) is 8.18. The fourth-order valence-electron chi connectivity index (χ4n) is 0.768. The van der Waals surface area contributed by atoms with Gasteiger partial charge in [-0.25, -0.2) is 4.79 Å². The van der Waals surface area contributed by atoms with E-state index in [-0.39, 0.29) is 0 Å². The molecule has 1 atom stereocenters. The molecule has 7 nitrogen and oxygen atoms in total. The lowest BCUT2D eigenvalue weighted by atomic mass is 10.3. The van der Waals surface area contributed by atoms with Crippen molar-refractivity contribution in [1.82, 2.24) is 5.32 Å². The molecule has 0 aromatic heterocycles. The molecule has 0 spiro atoms. The molecule has 0 saturated carbocycles. The van der Waals surface area contributed by atoms with E-state index in [0.29, 0.717) is 0 Å². The van der Waals surface area contributed by atoms with Crippen LogP contribution in [-0.4, -0.2) is 59.7 Å². The fourth-order valence-corrected chi connectivity index (χ4v) is 0.768. The van der Waals surface area contributed by atoms with Gasteiger partial charge in [-0.3, -0.25) is 4.79 Å². The highest BCUT2D eigenvalue weighted by atomic mass is 16.5. The lowest BCUT2D eigenvalue weighted by molar-refractivity contribution is -0.152. The number of hydrogen-bond acceptors (Lipinski definition) is 5. The molecule has 0 aliphatic carbocycles. The summed E-state index contributed by atoms with van der Waals surface area (Å²) in [6.45, 7) is 3.83. The van der Waals surface area contributed by atoms with Gasteiger partial charge in [0.2, 0.25) is 0 Å². The quantitative estimate of drug-likeness (QED) is 0.459. The molecule has 1 rings (SSSR count). The van der Waals surface area contributed by atoms with E-state index in [0.717, 1.165) is 26.3 Å². The van der Waals surface area contributed by atoms with Gasteiger partial charge in [-0.05, 0) is 0 Å². The van der Waals surface area contributed by atoms with Gasteiger partial charge in [0.05, 0.1) is 19.6 Å². The van der Waals surface area contributed by atoms with Gasteiger partial charge in [-0.1, -0.05) is 0 Å². The van der Waals surface area contributed by atoms with Crippen molar-refractivity contribution in [1.29, 1.82) is 0 Å². The SMILES string of the molecule is C1COCCN1.O=C(O)CC(O)C(=O)O. The number of aliphatic hydroxyl groups is 1. The van der Waals surface area contributed by atoms with Crippen molar-refractivity contribution in [2.45, 2.75) is 12.5 Å². The molecular formula is C8H15NO6. The summed E-state index contributed by atoms with van der Waals surface area (Å²) in [5.41, 5.74) is 0. The van der Waals surface area contributed by atoms with Gasteiger partial charge in [-0.15, -0.1) is 0 Å². The molecule has 1 aliphatic heterocycles. The van der Waals surface area contributed by atoms with Gasteiger partial charge in [0.1, 0.15) is 0 Å². The average molecular weight is 221 g/mol. The van der Waals surface area contributed by atoms with E-state index in [1.807, 2.05) is 0 Å². The van der Waals surface area contributed by atoms with Crippen LogP contribution in [-0.2, 0) is 14.3 Å². The van der Waals surface area contributed by atoms with Gasteiger partial charge >= 0.3 is 11.9 Å². The molecule has 4 N–H and O–H groups in total. The Kier molecular flexibility index (Phi) is 7.51. The van der Waals surface area contributed by atoms with Crippen molar-refractivity contribution in [3.63, 3.8) is 0 Å². The molecule has 1 fully saturated rings. The summed E-state index contributed by atoms with van der Waals surface area (Å²) in [4.78, 5) is 19.4. The predicted octanol–water partition coefficient (Wildman–Crippen LogP) is -1.49. The van der Waals surface area contributed by atoms with Crippen LogP contribution < -0.4 is 5.32 Å². The second-order valence-corrected chi connectivity index (χ2v) is 2.81. The van der Waals surface area contributed by atoms with Gasteiger partial charge in [0.25, 0.3) is 0 Å². The third kappa shape index (κ3) is 9.13. The van der Waals surface area contributed by atoms with E-state index < -0.39 is 24.5 Å². The second-order valence-electron chi connectivity index (χ2n) is 2.81. The summed E-state index contributed by atoms with van der Waals surface area (Å²) in [6, 6.07) is 0. The minimum absolute atomic E-state index is 0.755. The Morgan fingerprint density at radius 2 is 1.80 bits per heavy atom. The maximum atomic E-state index is 9.72. The molecule has 1 heterocycles. The lowest BCUT2D eigenvalue weighted by Gasteiger charge is -2.10. The summed E-state index contributed by atoms with van der Waals surface area (Å²) in [7, 11) is 0. The molecule has 0 aromatic rings. The topological polar surface area (TPSA) is 116 Å². The summed E-state index contributed by atoms with van der Waals surface area (Å²) in [5.74, 6) is -2.85. The van der Waals surface area contributed by atoms with Crippen molar-refractivity contribution in [2.24, 2.45) is 0 Å². The third-order valence-electron chi connectivity index (χ3n) is 1.50. The van der Waals surface area contributed by atoms with Crippen molar-refractivity contribution in [3.05, 3.63) is 0 Å². The van der Waals surface area contributed by atoms with Crippen molar-refractivity contribution < 1.29 is 29.6 Å². The first-order valence-electron chi connectivity index (χ1n) is 4.45. The summed E-state index contributed by atoms with van der Waals surface area (Å²) in [6.07, 6.45) is -2.54. The van der Waals surface area contributed by atoms with Crippen LogP contribution in [0.5, 0.6) is 0 Å². The Labute approximate surface area is 86.7 Å². The van der Waals surface area contributed by atoms with Crippen molar-refractivity contribution in [3.8, 4) is 0 Å². The summed E-state index contributed by atoms with van der Waals surface area (Å²) >= 11 is 0. The number of morpholine rings is 1. The number of rotatable bonds is 3. The molecule has 15 heavy (non-hydrogen) atoms. The Balaban J connectivity index is 0.000000280. The molecule has 0 aromatic carbocycles. The third-order valence-corrected chi connectivity index (χ3v) is 1.50. The Morgan fingerprint density at radius 1 is 1.27 bits per heavy atom. The highest BCUT2D eigenvalue weighted by Crippen LogP contribution is 1.89. The van der Waals surface area contributed by atoms with Crippen LogP contribution in [0.2, 0.25) is 0 Å². The minimum Gasteiger partial charge on any atom is -0.481 e. The number of aliphatic carboxylic acids is 2. The van der Waals surface area contributed by atoms with Crippen LogP contribution >= 0.6 is 0 Å². The maximum absolute atomic E-state index is 9.72. The van der Waals surface area contributed by atoms with E-state index in [4.69, 9.17) is 20.1 Å². The van der Waals surface area contributed by atoms with E-state index in [1.165, 1.54) is 0 Å². The number of aliphatic hydroxyl groups excluding tert-OH is 1. The zero-order chi connectivity index (χ0) is 11.7. The molecule has 88 valence electrons. The average Bonchev–Trinajstić information content (AvgIpc) is 2.20. The van der Waals surface area contributed by atoms with Gasteiger partial charge < -0.3 is 25.4 Å². The van der Waals surface area contributed by atoms with Crippen LogP contribution in [0, 0.1) is 0 Å². The molecule has 7 heteroatoms. The number of carboxylic acid groups (broad SMARTS) is 2. The van der Waals surface area contributed by atoms with Crippen molar-refractivity contribution >= 4 is 11.9 Å². The van der Waals surface area contributed by atoms with Gasteiger partial charge in [0.15, 0.2) is 6.10 Å². The van der Waals surface area contributed by atoms with E-state index >= 15 is 0 Å². The molecule has 0 bridgehead atoms. The molecule has 1 saturated heterocycles. The van der Waals surface area contributed by atoms with Crippen LogP contribution in [0.15, 0.2) is 0 Å². The largest absolute Gasteiger partial charge is 0.481 e. The number of hydrogen-bond donors (Lipinski definition) is 4.